The van der Waals surface area contributed by atoms with Crippen molar-refractivity contribution in [3.05, 3.63) is 89.5 Å². The maximum Gasteiger partial charge on any atom is 0.244 e. The molecule has 0 aliphatic heterocycles. The van der Waals surface area contributed by atoms with E-state index in [4.69, 9.17) is 9.47 Å². The van der Waals surface area contributed by atoms with E-state index in [2.05, 4.69) is 5.32 Å². The quantitative estimate of drug-likeness (QED) is 0.292. The number of hydrogen-bond donors (Lipinski definition) is 1. The molecule has 0 saturated heterocycles. The highest BCUT2D eigenvalue weighted by Gasteiger charge is 2.34. The lowest BCUT2D eigenvalue weighted by atomic mass is 9.94. The van der Waals surface area contributed by atoms with Gasteiger partial charge in [-0.25, -0.2) is 8.42 Å². The first-order valence-corrected chi connectivity index (χ1v) is 16.8. The monoisotopic (exact) mass is 621 g/mol. The van der Waals surface area contributed by atoms with Gasteiger partial charge in [-0.1, -0.05) is 73.9 Å². The molecule has 1 saturated carbocycles. The number of nitrogens with zero attached hydrogens (tertiary/aromatic N) is 2. The van der Waals surface area contributed by atoms with Crippen molar-refractivity contribution < 1.29 is 27.5 Å². The number of sulfonamides is 1. The van der Waals surface area contributed by atoms with Crippen molar-refractivity contribution in [1.82, 2.24) is 10.2 Å². The van der Waals surface area contributed by atoms with Gasteiger partial charge in [0.05, 0.1) is 26.2 Å². The van der Waals surface area contributed by atoms with E-state index in [-0.39, 0.29) is 30.6 Å². The number of aryl methyl sites for hydroxylation is 1. The Morgan fingerprint density at radius 2 is 1.57 bits per heavy atom. The van der Waals surface area contributed by atoms with Crippen LogP contribution in [-0.4, -0.2) is 64.2 Å². The number of carbonyl (C=O) groups excluding carboxylic acids is 2. The van der Waals surface area contributed by atoms with Crippen molar-refractivity contribution in [3.63, 3.8) is 0 Å². The lowest BCUT2D eigenvalue weighted by molar-refractivity contribution is -0.140. The van der Waals surface area contributed by atoms with Crippen LogP contribution in [0.3, 0.4) is 0 Å². The van der Waals surface area contributed by atoms with Gasteiger partial charge in [0.15, 0.2) is 11.5 Å². The zero-order chi connectivity index (χ0) is 31.7. The average molecular weight is 622 g/mol. The molecule has 0 unspecified atom stereocenters. The number of anilines is 1. The lowest BCUT2D eigenvalue weighted by Crippen LogP contribution is -2.55. The molecule has 0 aromatic heterocycles. The van der Waals surface area contributed by atoms with Gasteiger partial charge in [0.25, 0.3) is 0 Å². The van der Waals surface area contributed by atoms with Gasteiger partial charge in [-0.05, 0) is 48.6 Å². The summed E-state index contributed by atoms with van der Waals surface area (Å²) < 4.78 is 38.0. The summed E-state index contributed by atoms with van der Waals surface area (Å²) in [4.78, 5) is 30.0. The lowest BCUT2D eigenvalue weighted by Gasteiger charge is -2.35. The van der Waals surface area contributed by atoms with Gasteiger partial charge in [-0.2, -0.15) is 0 Å². The molecule has 1 atom stereocenters. The number of methoxy groups -OCH3 is 2. The molecule has 4 rings (SSSR count). The summed E-state index contributed by atoms with van der Waals surface area (Å²) in [5, 5.41) is 3.22. The van der Waals surface area contributed by atoms with E-state index in [1.807, 2.05) is 61.5 Å². The minimum absolute atomic E-state index is 0.0456. The fourth-order valence-corrected chi connectivity index (χ4v) is 6.50. The van der Waals surface area contributed by atoms with Crippen LogP contribution in [0.5, 0.6) is 11.5 Å². The summed E-state index contributed by atoms with van der Waals surface area (Å²) >= 11 is 0. The Hall–Kier alpha value is -4.05. The van der Waals surface area contributed by atoms with E-state index in [1.54, 1.807) is 12.1 Å². The topological polar surface area (TPSA) is 105 Å². The highest BCUT2D eigenvalue weighted by Crippen LogP contribution is 2.32. The summed E-state index contributed by atoms with van der Waals surface area (Å²) in [5.41, 5.74) is 3.00. The van der Waals surface area contributed by atoms with Crippen molar-refractivity contribution in [1.29, 1.82) is 0 Å². The van der Waals surface area contributed by atoms with Crippen molar-refractivity contribution in [2.24, 2.45) is 0 Å². The molecule has 44 heavy (non-hydrogen) atoms. The zero-order valence-electron chi connectivity index (χ0n) is 26.0. The average Bonchev–Trinajstić information content (AvgIpc) is 3.02. The summed E-state index contributed by atoms with van der Waals surface area (Å²) in [5.74, 6) is 0.0316. The summed E-state index contributed by atoms with van der Waals surface area (Å²) in [6.07, 6.45) is 6.39. The van der Waals surface area contributed by atoms with E-state index < -0.39 is 28.5 Å². The molecule has 0 radical (unpaired) electrons. The largest absolute Gasteiger partial charge is 0.493 e. The van der Waals surface area contributed by atoms with Crippen LogP contribution in [0.2, 0.25) is 0 Å². The molecule has 10 heteroatoms. The summed E-state index contributed by atoms with van der Waals surface area (Å²) in [7, 11) is -0.962. The number of rotatable bonds is 13. The molecule has 236 valence electrons. The number of amides is 2. The molecule has 0 spiro atoms. The number of nitrogens with one attached hydrogen (secondary N) is 1. The highest BCUT2D eigenvalue weighted by atomic mass is 32.2. The number of carbonyl (C=O) groups is 2. The molecule has 1 aliphatic rings. The van der Waals surface area contributed by atoms with Gasteiger partial charge in [0, 0.05) is 25.1 Å². The Morgan fingerprint density at radius 1 is 0.909 bits per heavy atom. The van der Waals surface area contributed by atoms with Crippen molar-refractivity contribution in [2.75, 3.05) is 31.3 Å². The molecule has 1 N–H and O–H groups in total. The van der Waals surface area contributed by atoms with Crippen molar-refractivity contribution in [3.8, 4) is 11.5 Å². The fourth-order valence-electron chi connectivity index (χ4n) is 5.66. The highest BCUT2D eigenvalue weighted by molar-refractivity contribution is 7.92. The van der Waals surface area contributed by atoms with Crippen LogP contribution in [-0.2, 0) is 32.6 Å². The Labute approximate surface area is 261 Å². The van der Waals surface area contributed by atoms with Crippen molar-refractivity contribution >= 4 is 27.5 Å². The second kappa shape index (κ2) is 15.1. The molecule has 1 fully saturated rings. The number of benzene rings is 3. The first-order chi connectivity index (χ1) is 21.1. The van der Waals surface area contributed by atoms with Crippen molar-refractivity contribution in [2.45, 2.75) is 64.1 Å². The molecule has 0 heterocycles. The molecule has 3 aromatic rings. The third-order valence-electron chi connectivity index (χ3n) is 8.16. The third kappa shape index (κ3) is 8.53. The minimum Gasteiger partial charge on any atom is -0.493 e. The van der Waals surface area contributed by atoms with E-state index in [0.29, 0.717) is 11.5 Å². The van der Waals surface area contributed by atoms with Gasteiger partial charge >= 0.3 is 0 Å². The van der Waals surface area contributed by atoms with Crippen LogP contribution in [0.15, 0.2) is 72.8 Å². The maximum absolute atomic E-state index is 14.4. The SMILES string of the molecule is COc1ccc(N(CC(=O)N(Cc2ccccc2C)[C@H](Cc2ccccc2)C(=O)NC2CCCCC2)S(C)(=O)=O)cc1OC. The first kappa shape index (κ1) is 32.9. The molecular formula is C34H43N3O6S. The van der Waals surface area contributed by atoms with E-state index in [0.717, 1.165) is 59.4 Å². The predicted molar refractivity (Wildman–Crippen MR) is 172 cm³/mol. The van der Waals surface area contributed by atoms with E-state index in [9.17, 15) is 18.0 Å². The minimum atomic E-state index is -3.91. The second-order valence-corrected chi connectivity index (χ2v) is 13.2. The summed E-state index contributed by atoms with van der Waals surface area (Å²) in [6, 6.07) is 21.2. The van der Waals surface area contributed by atoms with Crippen LogP contribution in [0.1, 0.15) is 48.8 Å². The fraction of sp³-hybridized carbons (Fsp3) is 0.412. The van der Waals surface area contributed by atoms with Crippen LogP contribution in [0, 0.1) is 6.92 Å². The Balaban J connectivity index is 1.74. The number of ether oxygens (including phenoxy) is 2. The molecule has 2 amide bonds. The normalized spacial score (nSPS) is 14.4. The standard InChI is InChI=1S/C34H43N3O6S/c1-25-13-11-12-16-27(25)23-36(30(21-26-14-7-5-8-15-26)34(39)35-28-17-9-6-10-18-28)33(38)24-37(44(4,40)41)29-19-20-31(42-2)32(22-29)43-3/h5,7-8,11-16,19-20,22,28,30H,6,9-10,17-18,21,23-24H2,1-4H3,(H,35,39)/t30-/m1/s1. The Bertz CT molecular complexity index is 1520. The third-order valence-corrected chi connectivity index (χ3v) is 9.30. The van der Waals surface area contributed by atoms with Gasteiger partial charge in [-0.15, -0.1) is 0 Å². The number of hydrogen-bond acceptors (Lipinski definition) is 6. The van der Waals surface area contributed by atoms with Crippen LogP contribution < -0.4 is 19.1 Å². The predicted octanol–water partition coefficient (Wildman–Crippen LogP) is 4.87. The van der Waals surface area contributed by atoms with Crippen LogP contribution in [0.25, 0.3) is 0 Å². The second-order valence-electron chi connectivity index (χ2n) is 11.3. The van der Waals surface area contributed by atoms with Crippen LogP contribution >= 0.6 is 0 Å². The molecular weight excluding hydrogens is 578 g/mol. The van der Waals surface area contributed by atoms with E-state index in [1.165, 1.54) is 25.2 Å². The van der Waals surface area contributed by atoms with E-state index >= 15 is 0 Å². The maximum atomic E-state index is 14.4. The van der Waals surface area contributed by atoms with Crippen LogP contribution in [0.4, 0.5) is 5.69 Å². The molecule has 9 nitrogen and oxygen atoms in total. The van der Waals surface area contributed by atoms with Gasteiger partial charge < -0.3 is 19.7 Å². The Morgan fingerprint density at radius 3 is 2.20 bits per heavy atom. The summed E-state index contributed by atoms with van der Waals surface area (Å²) in [6.45, 7) is 1.60. The molecule has 1 aliphatic carbocycles. The zero-order valence-corrected chi connectivity index (χ0v) is 26.8. The molecule has 0 bridgehead atoms. The first-order valence-electron chi connectivity index (χ1n) is 15.0. The van der Waals surface area contributed by atoms with Gasteiger partial charge in [0.1, 0.15) is 12.6 Å². The smallest absolute Gasteiger partial charge is 0.244 e. The van der Waals surface area contributed by atoms with Gasteiger partial charge in [-0.3, -0.25) is 13.9 Å². The van der Waals surface area contributed by atoms with Gasteiger partial charge in [0.2, 0.25) is 21.8 Å². The Kier molecular flexibility index (Phi) is 11.3. The molecule has 3 aromatic carbocycles.